The van der Waals surface area contributed by atoms with Gasteiger partial charge in [-0.2, -0.15) is 0 Å². The third-order valence-corrected chi connectivity index (χ3v) is 6.16. The van der Waals surface area contributed by atoms with Crippen LogP contribution in [0.2, 0.25) is 0 Å². The van der Waals surface area contributed by atoms with Crippen LogP contribution in [0, 0.1) is 6.92 Å². The van der Waals surface area contributed by atoms with E-state index in [2.05, 4.69) is 44.7 Å². The summed E-state index contributed by atoms with van der Waals surface area (Å²) in [4.78, 5) is 41.5. The third-order valence-electron chi connectivity index (χ3n) is 6.16. The molecule has 0 aromatic heterocycles. The van der Waals surface area contributed by atoms with Crippen molar-refractivity contribution in [2.24, 2.45) is 0 Å². The number of rotatable bonds is 3. The molecule has 0 saturated carbocycles. The summed E-state index contributed by atoms with van der Waals surface area (Å²) in [5.41, 5.74) is 4.43. The number of fused-ring (bicyclic) bond motifs is 1. The van der Waals surface area contributed by atoms with Crippen LogP contribution in [0.15, 0.2) is 17.7 Å². The van der Waals surface area contributed by atoms with E-state index in [-0.39, 0.29) is 11.1 Å². The normalized spacial score (nSPS) is 21.6. The molecule has 1 fully saturated rings. The van der Waals surface area contributed by atoms with Crippen LogP contribution in [0.3, 0.4) is 0 Å². The van der Waals surface area contributed by atoms with Crippen molar-refractivity contribution in [3.05, 3.63) is 34.4 Å². The van der Waals surface area contributed by atoms with Crippen LogP contribution in [0.1, 0.15) is 63.1 Å². The fourth-order valence-corrected chi connectivity index (χ4v) is 4.58. The minimum absolute atomic E-state index is 0.0202. The molecule has 0 spiro atoms. The molecular weight excluding hydrogens is 366 g/mol. The molecule has 2 aliphatic heterocycles. The Morgan fingerprint density at radius 2 is 1.69 bits per heavy atom. The Kier molecular flexibility index (Phi) is 5.32. The number of nitrogens with zero attached hydrogens (tertiary/aromatic N) is 3. The number of hydrogen-bond donors (Lipinski definition) is 0. The average Bonchev–Trinajstić information content (AvgIpc) is 2.65. The van der Waals surface area contributed by atoms with Gasteiger partial charge in [0.15, 0.2) is 0 Å². The zero-order chi connectivity index (χ0) is 21.7. The van der Waals surface area contributed by atoms with Crippen molar-refractivity contribution >= 4 is 29.6 Å². The topological polar surface area (TPSA) is 60.9 Å². The molecule has 6 nitrogen and oxygen atoms in total. The van der Waals surface area contributed by atoms with Gasteiger partial charge < -0.3 is 4.90 Å². The van der Waals surface area contributed by atoms with E-state index in [1.54, 1.807) is 6.08 Å². The monoisotopic (exact) mass is 397 g/mol. The predicted molar refractivity (Wildman–Crippen MR) is 115 cm³/mol. The highest BCUT2D eigenvalue weighted by Gasteiger charge is 2.39. The van der Waals surface area contributed by atoms with Gasteiger partial charge in [0.05, 0.1) is 0 Å². The fourth-order valence-electron chi connectivity index (χ4n) is 4.58. The molecule has 29 heavy (non-hydrogen) atoms. The number of amides is 4. The van der Waals surface area contributed by atoms with E-state index in [1.165, 1.54) is 25.3 Å². The summed E-state index contributed by atoms with van der Waals surface area (Å²) in [6, 6.07) is 3.67. The lowest BCUT2D eigenvalue weighted by molar-refractivity contribution is -0.134. The first-order valence-corrected chi connectivity index (χ1v) is 10.2. The van der Waals surface area contributed by atoms with E-state index in [1.807, 2.05) is 6.92 Å². The van der Waals surface area contributed by atoms with Gasteiger partial charge in [-0.3, -0.25) is 19.4 Å². The van der Waals surface area contributed by atoms with Crippen LogP contribution < -0.4 is 4.90 Å². The van der Waals surface area contributed by atoms with Crippen molar-refractivity contribution in [2.45, 2.75) is 58.9 Å². The zero-order valence-electron chi connectivity index (χ0n) is 18.5. The highest BCUT2D eigenvalue weighted by molar-refractivity contribution is 6.30. The molecule has 6 heteroatoms. The lowest BCUT2D eigenvalue weighted by Gasteiger charge is -2.48. The average molecular weight is 398 g/mol. The molecule has 1 aromatic carbocycles. The fraction of sp³-hybridized carbons (Fsp3) is 0.522. The Bertz CT molecular complexity index is 890. The van der Waals surface area contributed by atoms with Crippen molar-refractivity contribution < 1.29 is 14.4 Å². The van der Waals surface area contributed by atoms with E-state index in [0.717, 1.165) is 40.3 Å². The number of carbonyl (C=O) groups excluding carboxylic acids is 3. The van der Waals surface area contributed by atoms with Gasteiger partial charge >= 0.3 is 6.03 Å². The summed E-state index contributed by atoms with van der Waals surface area (Å²) in [5, 5.41) is 0. The number of hydrogen-bond acceptors (Lipinski definition) is 4. The van der Waals surface area contributed by atoms with Crippen molar-refractivity contribution in [2.75, 3.05) is 25.5 Å². The zero-order valence-corrected chi connectivity index (χ0v) is 18.5. The second kappa shape index (κ2) is 7.32. The summed E-state index contributed by atoms with van der Waals surface area (Å²) >= 11 is 0. The van der Waals surface area contributed by atoms with Crippen molar-refractivity contribution in [3.63, 3.8) is 0 Å². The molecule has 0 bridgehead atoms. The van der Waals surface area contributed by atoms with Crippen molar-refractivity contribution in [3.8, 4) is 0 Å². The second-order valence-electron chi connectivity index (χ2n) is 8.91. The van der Waals surface area contributed by atoms with Gasteiger partial charge in [-0.15, -0.1) is 0 Å². The van der Waals surface area contributed by atoms with E-state index in [0.29, 0.717) is 5.92 Å². The SMILES string of the molecule is CCCN1c2cc(C)c(C=C3C(=O)N(C)C(=O)N(C)C3=O)cc2C(C)CC1(C)C. The first-order valence-electron chi connectivity index (χ1n) is 10.2. The molecule has 0 aliphatic carbocycles. The van der Waals surface area contributed by atoms with Gasteiger partial charge in [-0.1, -0.05) is 13.8 Å². The minimum atomic E-state index is -0.606. The van der Waals surface area contributed by atoms with E-state index >= 15 is 0 Å². The summed E-state index contributed by atoms with van der Waals surface area (Å²) < 4.78 is 0. The Morgan fingerprint density at radius 1 is 1.10 bits per heavy atom. The number of benzene rings is 1. The lowest BCUT2D eigenvalue weighted by Crippen LogP contribution is -2.52. The molecule has 1 unspecified atom stereocenters. The number of aryl methyl sites for hydroxylation is 1. The van der Waals surface area contributed by atoms with Gasteiger partial charge in [0.1, 0.15) is 5.57 Å². The van der Waals surface area contributed by atoms with E-state index in [9.17, 15) is 14.4 Å². The quantitative estimate of drug-likeness (QED) is 0.573. The minimum Gasteiger partial charge on any atom is -0.366 e. The number of carbonyl (C=O) groups is 3. The molecule has 1 saturated heterocycles. The predicted octanol–water partition coefficient (Wildman–Crippen LogP) is 3.93. The number of likely N-dealkylation sites (N-methyl/N-ethyl adjacent to an activating group) is 2. The molecule has 4 amide bonds. The van der Waals surface area contributed by atoms with Gasteiger partial charge in [-0.25, -0.2) is 4.79 Å². The molecule has 2 aliphatic rings. The maximum absolute atomic E-state index is 12.6. The van der Waals surface area contributed by atoms with Crippen LogP contribution in [-0.4, -0.2) is 53.8 Å². The highest BCUT2D eigenvalue weighted by atomic mass is 16.2. The van der Waals surface area contributed by atoms with Gasteiger partial charge in [-0.05, 0) is 74.4 Å². The number of barbiturate groups is 1. The van der Waals surface area contributed by atoms with Gasteiger partial charge in [0.2, 0.25) is 0 Å². The Balaban J connectivity index is 2.11. The first-order chi connectivity index (χ1) is 13.5. The molecule has 1 atom stereocenters. The summed E-state index contributed by atoms with van der Waals surface area (Å²) in [7, 11) is 2.79. The third kappa shape index (κ3) is 3.45. The van der Waals surface area contributed by atoms with Crippen molar-refractivity contribution in [1.82, 2.24) is 9.80 Å². The second-order valence-corrected chi connectivity index (χ2v) is 8.91. The van der Waals surface area contributed by atoms with Crippen LogP contribution in [0.25, 0.3) is 6.08 Å². The Labute approximate surface area is 173 Å². The summed E-state index contributed by atoms with van der Waals surface area (Å²) in [5.74, 6) is -0.746. The van der Waals surface area contributed by atoms with Crippen LogP contribution in [-0.2, 0) is 9.59 Å². The summed E-state index contributed by atoms with van der Waals surface area (Å²) in [6.07, 6.45) is 3.74. The maximum Gasteiger partial charge on any atom is 0.333 e. The van der Waals surface area contributed by atoms with Crippen LogP contribution >= 0.6 is 0 Å². The van der Waals surface area contributed by atoms with Crippen LogP contribution in [0.5, 0.6) is 0 Å². The number of anilines is 1. The smallest absolute Gasteiger partial charge is 0.333 e. The standard InChI is InChI=1S/C23H31N3O3/c1-8-9-26-19-10-14(2)16(11-17(19)15(3)13-23(26,4)5)12-18-20(27)24(6)22(29)25(7)21(18)28/h10-12,15H,8-9,13H2,1-7H3. The largest absolute Gasteiger partial charge is 0.366 e. The molecule has 156 valence electrons. The summed E-state index contributed by atoms with van der Waals surface area (Å²) in [6.45, 7) is 12.0. The number of imide groups is 2. The Morgan fingerprint density at radius 3 is 2.24 bits per heavy atom. The van der Waals surface area contributed by atoms with Gasteiger partial charge in [0, 0.05) is 31.9 Å². The van der Waals surface area contributed by atoms with Crippen LogP contribution in [0.4, 0.5) is 10.5 Å². The highest BCUT2D eigenvalue weighted by Crippen LogP contribution is 2.44. The van der Waals surface area contributed by atoms with E-state index < -0.39 is 17.8 Å². The van der Waals surface area contributed by atoms with Crippen molar-refractivity contribution in [1.29, 1.82) is 0 Å². The van der Waals surface area contributed by atoms with Gasteiger partial charge in [0.25, 0.3) is 11.8 Å². The molecular formula is C23H31N3O3. The molecule has 0 radical (unpaired) electrons. The first kappa shape index (κ1) is 21.1. The lowest BCUT2D eigenvalue weighted by atomic mass is 9.78. The Hall–Kier alpha value is -2.63. The molecule has 0 N–H and O–H groups in total. The maximum atomic E-state index is 12.6. The molecule has 1 aromatic rings. The molecule has 2 heterocycles. The molecule has 3 rings (SSSR count). The number of urea groups is 1. The van der Waals surface area contributed by atoms with E-state index in [4.69, 9.17) is 0 Å².